The summed E-state index contributed by atoms with van der Waals surface area (Å²) in [5, 5.41) is 9.07. The third-order valence-electron chi connectivity index (χ3n) is 13.6. The van der Waals surface area contributed by atoms with Gasteiger partial charge in [0, 0.05) is 61.2 Å². The molecule has 4 nitrogen and oxygen atoms in total. The lowest BCUT2D eigenvalue weighted by atomic mass is 9.95. The SMILES string of the molecule is Cc1ccc(N(c2ccc3cc4c(cc3c2)oc2c(C(C)C)c3oc5cc6cc(N(c7ccc(C)cc7C)c7ccc(C)cc7C)ccc6cc5c3cc24)c2ccc(C)cc2C)c(C)c1. The number of rotatable bonds is 7. The Kier molecular flexibility index (Phi) is 9.44. The molecule has 0 atom stereocenters. The van der Waals surface area contributed by atoms with Crippen molar-refractivity contribution in [3.05, 3.63) is 190 Å². The first-order chi connectivity index (χ1) is 31.3. The summed E-state index contributed by atoms with van der Waals surface area (Å²) < 4.78 is 13.9. The van der Waals surface area contributed by atoms with Gasteiger partial charge in [0.1, 0.15) is 22.3 Å². The van der Waals surface area contributed by atoms with E-state index in [1.807, 2.05) is 0 Å². The third-order valence-corrected chi connectivity index (χ3v) is 13.6. The molecule has 0 amide bonds. The van der Waals surface area contributed by atoms with E-state index in [1.54, 1.807) is 0 Å². The van der Waals surface area contributed by atoms with E-state index in [-0.39, 0.29) is 5.92 Å². The van der Waals surface area contributed by atoms with Gasteiger partial charge in [-0.25, -0.2) is 0 Å². The molecular weight excluding hydrogens is 793 g/mol. The summed E-state index contributed by atoms with van der Waals surface area (Å²) in [4.78, 5) is 4.80. The quantitative estimate of drug-likeness (QED) is 0.160. The highest BCUT2D eigenvalue weighted by Crippen LogP contribution is 2.47. The largest absolute Gasteiger partial charge is 0.456 e. The zero-order valence-corrected chi connectivity index (χ0v) is 39.1. The molecule has 9 aromatic carbocycles. The smallest absolute Gasteiger partial charge is 0.142 e. The van der Waals surface area contributed by atoms with Gasteiger partial charge in [0.2, 0.25) is 0 Å². The minimum atomic E-state index is 0.164. The number of hydrogen-bond acceptors (Lipinski definition) is 4. The van der Waals surface area contributed by atoms with Crippen molar-refractivity contribution in [2.75, 3.05) is 9.80 Å². The number of anilines is 6. The number of benzene rings is 9. The second-order valence-electron chi connectivity index (χ2n) is 19.0. The lowest BCUT2D eigenvalue weighted by molar-refractivity contribution is 0.638. The average molecular weight is 847 g/mol. The number of furan rings is 2. The number of fused-ring (bicyclic) bond motifs is 8. The van der Waals surface area contributed by atoms with Crippen molar-refractivity contribution in [1.82, 2.24) is 0 Å². The first-order valence-corrected chi connectivity index (χ1v) is 22.9. The Morgan fingerprint density at radius 2 is 0.692 bits per heavy atom. The Labute approximate surface area is 381 Å². The van der Waals surface area contributed by atoms with Gasteiger partial charge in [0.15, 0.2) is 0 Å². The molecule has 4 heteroatoms. The number of hydrogen-bond donors (Lipinski definition) is 0. The molecule has 0 unspecified atom stereocenters. The molecule has 2 heterocycles. The molecule has 0 aliphatic heterocycles. The lowest BCUT2D eigenvalue weighted by Crippen LogP contribution is -2.13. The maximum atomic E-state index is 6.95. The fourth-order valence-electron chi connectivity index (χ4n) is 10.5. The zero-order chi connectivity index (χ0) is 45.0. The van der Waals surface area contributed by atoms with Gasteiger partial charge in [-0.1, -0.05) is 96.8 Å². The van der Waals surface area contributed by atoms with Crippen LogP contribution < -0.4 is 9.80 Å². The van der Waals surface area contributed by atoms with Crippen molar-refractivity contribution < 1.29 is 8.83 Å². The highest BCUT2D eigenvalue weighted by Gasteiger charge is 2.24. The topological polar surface area (TPSA) is 32.8 Å². The minimum Gasteiger partial charge on any atom is -0.456 e. The van der Waals surface area contributed by atoms with Crippen LogP contribution in [0.5, 0.6) is 0 Å². The summed E-state index contributed by atoms with van der Waals surface area (Å²) in [6.45, 7) is 21.9. The fourth-order valence-corrected chi connectivity index (χ4v) is 10.5. The molecule has 65 heavy (non-hydrogen) atoms. The molecule has 2 aromatic heterocycles. The van der Waals surface area contributed by atoms with E-state index in [0.29, 0.717) is 0 Å². The van der Waals surface area contributed by atoms with E-state index in [2.05, 4.69) is 219 Å². The maximum Gasteiger partial charge on any atom is 0.142 e. The third kappa shape index (κ3) is 6.74. The molecule has 0 bridgehead atoms. The van der Waals surface area contributed by atoms with Crippen LogP contribution in [-0.2, 0) is 0 Å². The second kappa shape index (κ2) is 15.2. The molecule has 0 aliphatic rings. The molecule has 0 radical (unpaired) electrons. The molecule has 0 saturated carbocycles. The van der Waals surface area contributed by atoms with Crippen LogP contribution in [0.25, 0.3) is 65.4 Å². The van der Waals surface area contributed by atoms with Crippen LogP contribution in [0.4, 0.5) is 34.1 Å². The normalized spacial score (nSPS) is 12.0. The summed E-state index contributed by atoms with van der Waals surface area (Å²) >= 11 is 0. The number of aryl methyl sites for hydroxylation is 8. The van der Waals surface area contributed by atoms with Crippen LogP contribution in [0.1, 0.15) is 69.8 Å². The summed E-state index contributed by atoms with van der Waals surface area (Å²) in [5.41, 5.74) is 21.5. The Morgan fingerprint density at radius 3 is 1.02 bits per heavy atom. The Morgan fingerprint density at radius 1 is 0.338 bits per heavy atom. The highest BCUT2D eigenvalue weighted by atomic mass is 16.3. The minimum absolute atomic E-state index is 0.164. The van der Waals surface area contributed by atoms with Crippen molar-refractivity contribution >= 4 is 99.5 Å². The Hall–Kier alpha value is -7.30. The van der Waals surface area contributed by atoms with Crippen LogP contribution >= 0.6 is 0 Å². The zero-order valence-electron chi connectivity index (χ0n) is 39.1. The van der Waals surface area contributed by atoms with E-state index in [4.69, 9.17) is 8.83 Å². The van der Waals surface area contributed by atoms with Crippen LogP contribution in [0.2, 0.25) is 0 Å². The summed E-state index contributed by atoms with van der Waals surface area (Å²) in [5.74, 6) is 0.164. The molecule has 0 N–H and O–H groups in total. The van der Waals surface area contributed by atoms with Gasteiger partial charge in [0.25, 0.3) is 0 Å². The second-order valence-corrected chi connectivity index (χ2v) is 19.0. The van der Waals surface area contributed by atoms with Gasteiger partial charge in [-0.3, -0.25) is 0 Å². The molecular formula is C61H54N2O2. The van der Waals surface area contributed by atoms with Crippen LogP contribution in [-0.4, -0.2) is 0 Å². The molecule has 11 aromatic rings. The van der Waals surface area contributed by atoms with E-state index in [9.17, 15) is 0 Å². The first-order valence-electron chi connectivity index (χ1n) is 22.9. The number of nitrogens with zero attached hydrogens (tertiary/aromatic N) is 2. The standard InChI is InChI=1S/C61H54N2O2/c1-34(2)59-60-51(49-29-43-15-17-47(27-45(43)31-57(49)64-60)62(53-19-11-35(3)23-39(53)7)54-20-12-36(4)24-40(54)8)33-52-50-30-44-16-18-48(28-46(44)32-58(50)65-61(52)59)63(55-21-13-37(5)25-41(55)9)56-22-14-38(6)26-42(56)10/h11-34H,1-10H3. The van der Waals surface area contributed by atoms with Gasteiger partial charge >= 0.3 is 0 Å². The van der Waals surface area contributed by atoms with Gasteiger partial charge in [-0.2, -0.15) is 0 Å². The van der Waals surface area contributed by atoms with Crippen molar-refractivity contribution in [1.29, 1.82) is 0 Å². The average Bonchev–Trinajstić information content (AvgIpc) is 3.80. The Bertz CT molecular complexity index is 3410. The molecule has 320 valence electrons. The van der Waals surface area contributed by atoms with Crippen LogP contribution in [0.3, 0.4) is 0 Å². The highest BCUT2D eigenvalue weighted by molar-refractivity contribution is 6.20. The molecule has 11 rings (SSSR count). The van der Waals surface area contributed by atoms with Gasteiger partial charge in [-0.05, 0) is 184 Å². The lowest BCUT2D eigenvalue weighted by Gasteiger charge is -2.29. The maximum absolute atomic E-state index is 6.95. The predicted molar refractivity (Wildman–Crippen MR) is 277 cm³/mol. The van der Waals surface area contributed by atoms with Crippen LogP contribution in [0.15, 0.2) is 148 Å². The summed E-state index contributed by atoms with van der Waals surface area (Å²) in [6.07, 6.45) is 0. The molecule has 0 aliphatic carbocycles. The van der Waals surface area contributed by atoms with E-state index in [0.717, 1.165) is 71.6 Å². The first kappa shape index (κ1) is 40.5. The van der Waals surface area contributed by atoms with Gasteiger partial charge in [-0.15, -0.1) is 0 Å². The van der Waals surface area contributed by atoms with Gasteiger partial charge in [0.05, 0.1) is 0 Å². The predicted octanol–water partition coefficient (Wildman–Crippen LogP) is 18.3. The molecule has 0 saturated heterocycles. The molecule has 0 fully saturated rings. The van der Waals surface area contributed by atoms with E-state index < -0.39 is 0 Å². The fraction of sp³-hybridized carbons (Fsp3) is 0.180. The van der Waals surface area contributed by atoms with E-state index >= 15 is 0 Å². The monoisotopic (exact) mass is 846 g/mol. The van der Waals surface area contributed by atoms with Crippen molar-refractivity contribution in [2.45, 2.75) is 75.2 Å². The van der Waals surface area contributed by atoms with Crippen molar-refractivity contribution in [3.8, 4) is 0 Å². The summed E-state index contributed by atoms with van der Waals surface area (Å²) in [6, 6.07) is 51.9. The summed E-state index contributed by atoms with van der Waals surface area (Å²) in [7, 11) is 0. The Balaban J connectivity index is 1.06. The van der Waals surface area contributed by atoms with E-state index in [1.165, 1.54) is 78.0 Å². The molecule has 0 spiro atoms. The van der Waals surface area contributed by atoms with Crippen LogP contribution in [0, 0.1) is 55.4 Å². The van der Waals surface area contributed by atoms with Crippen molar-refractivity contribution in [3.63, 3.8) is 0 Å². The van der Waals surface area contributed by atoms with Gasteiger partial charge < -0.3 is 18.6 Å². The van der Waals surface area contributed by atoms with Crippen molar-refractivity contribution in [2.24, 2.45) is 0 Å².